The molecule has 3 fully saturated rings. The zero-order valence-corrected chi connectivity index (χ0v) is 31.2. The molecule has 2 N–H and O–H groups in total. The summed E-state index contributed by atoms with van der Waals surface area (Å²) in [5.74, 6) is -0.721. The first kappa shape index (κ1) is 38.3. The maximum Gasteiger partial charge on any atom is 0.573 e. The molecule has 2 aromatic carbocycles. The number of halogens is 3. The molecule has 0 atom stereocenters. The number of carbonyl (C=O) groups is 3. The van der Waals surface area contributed by atoms with E-state index in [2.05, 4.69) is 20.4 Å². The van der Waals surface area contributed by atoms with Crippen LogP contribution in [-0.2, 0) is 26.0 Å². The number of hydrogen-bond acceptors (Lipinski definition) is 8. The van der Waals surface area contributed by atoms with Gasteiger partial charge in [-0.15, -0.1) is 13.2 Å². The van der Waals surface area contributed by atoms with E-state index < -0.39 is 38.8 Å². The summed E-state index contributed by atoms with van der Waals surface area (Å²) in [4.78, 5) is 47.0. The monoisotopic (exact) mass is 762 g/mol. The fourth-order valence-corrected chi connectivity index (χ4v) is 9.09. The second-order valence-electron chi connectivity index (χ2n) is 15.2. The molecule has 4 amide bonds. The summed E-state index contributed by atoms with van der Waals surface area (Å²) in [6, 6.07) is 8.61. The lowest BCUT2D eigenvalue weighted by Crippen LogP contribution is -2.56. The number of sulfonamides is 1. The molecule has 4 heterocycles. The number of piperidine rings is 2. The van der Waals surface area contributed by atoms with E-state index >= 15 is 0 Å². The predicted octanol–water partition coefficient (Wildman–Crippen LogP) is 4.78. The molecule has 0 bridgehead atoms. The summed E-state index contributed by atoms with van der Waals surface area (Å²) >= 11 is 0. The maximum absolute atomic E-state index is 13.6. The largest absolute Gasteiger partial charge is 0.573 e. The van der Waals surface area contributed by atoms with Crippen LogP contribution in [-0.4, -0.2) is 103 Å². The number of nitrogens with one attached hydrogen (secondary N) is 2. The van der Waals surface area contributed by atoms with Crippen molar-refractivity contribution in [2.24, 2.45) is 4.99 Å². The highest BCUT2D eigenvalue weighted by atomic mass is 32.2. The molecular formula is C36H45F3N6O7S. The number of carbonyl (C=O) groups excluding carboxylic acids is 3. The number of ether oxygens (including phenoxy) is 2. The van der Waals surface area contributed by atoms with Crippen LogP contribution >= 0.6 is 0 Å². The highest BCUT2D eigenvalue weighted by molar-refractivity contribution is 7.89. The maximum atomic E-state index is 13.6. The van der Waals surface area contributed by atoms with Gasteiger partial charge in [-0.25, -0.2) is 22.3 Å². The molecule has 2 spiro atoms. The molecule has 0 saturated carbocycles. The van der Waals surface area contributed by atoms with Crippen LogP contribution in [0.5, 0.6) is 5.75 Å². The van der Waals surface area contributed by atoms with Gasteiger partial charge >= 0.3 is 18.5 Å². The van der Waals surface area contributed by atoms with Crippen molar-refractivity contribution in [1.29, 1.82) is 0 Å². The third-order valence-electron chi connectivity index (χ3n) is 10.4. The molecule has 4 aliphatic heterocycles. The van der Waals surface area contributed by atoms with Crippen LogP contribution in [0.1, 0.15) is 68.7 Å². The van der Waals surface area contributed by atoms with Gasteiger partial charge in [0.05, 0.1) is 11.3 Å². The first-order valence-electron chi connectivity index (χ1n) is 17.6. The van der Waals surface area contributed by atoms with Gasteiger partial charge in [-0.05, 0) is 120 Å². The Kier molecular flexibility index (Phi) is 9.98. The van der Waals surface area contributed by atoms with Gasteiger partial charge < -0.3 is 25.0 Å². The van der Waals surface area contributed by atoms with Crippen molar-refractivity contribution in [2.45, 2.75) is 89.8 Å². The zero-order chi connectivity index (χ0) is 38.6. The Morgan fingerprint density at radius 1 is 0.943 bits per heavy atom. The van der Waals surface area contributed by atoms with Crippen molar-refractivity contribution in [1.82, 2.24) is 19.8 Å². The minimum atomic E-state index is -4.83. The highest BCUT2D eigenvalue weighted by Gasteiger charge is 2.50. The van der Waals surface area contributed by atoms with Gasteiger partial charge in [-0.1, -0.05) is 0 Å². The molecule has 3 saturated heterocycles. The molecule has 0 aliphatic carbocycles. The quantitative estimate of drug-likeness (QED) is 0.412. The molecule has 0 aromatic heterocycles. The number of hydrogen-bond donors (Lipinski definition) is 2. The second kappa shape index (κ2) is 13.8. The smallest absolute Gasteiger partial charge is 0.444 e. The van der Waals surface area contributed by atoms with E-state index in [0.717, 1.165) is 28.8 Å². The van der Waals surface area contributed by atoms with Crippen molar-refractivity contribution in [2.75, 3.05) is 43.4 Å². The number of aliphatic imine (C=N–C) groups is 1. The number of aryl methyl sites for hydroxylation is 2. The summed E-state index contributed by atoms with van der Waals surface area (Å²) in [5.41, 5.74) is 1.42. The number of likely N-dealkylation sites (tertiary alicyclic amines) is 1. The van der Waals surface area contributed by atoms with Gasteiger partial charge in [-0.3, -0.25) is 14.7 Å². The Balaban J connectivity index is 1.08. The number of alkyl halides is 3. The molecule has 53 heavy (non-hydrogen) atoms. The van der Waals surface area contributed by atoms with Crippen LogP contribution in [0.4, 0.5) is 28.4 Å². The molecule has 0 unspecified atom stereocenters. The van der Waals surface area contributed by atoms with Crippen LogP contribution in [0.2, 0.25) is 0 Å². The SMILES string of the molecule is Cc1cc(N2C(=O)NCC23CCN(C(=O)OC(C)(C)C)CC3)cc(C)c1CCS(=O)(=O)N1CCC2(CC1)N=C(c1ccc(OC(F)(F)F)cc1)NC2=O. The standard InChI is InChI=1S/C36H45F3N6O7S/c1-23-20-26(45-31(47)40-22-34(45)11-15-43(16-12-34)32(48)52-33(3,4)5)21-24(2)28(23)10-19-53(49,50)44-17-13-35(14-18-44)30(46)41-29(42-35)25-6-8-27(9-7-25)51-36(37,38)39/h6-9,20-21H,10-19,22H2,1-5H3,(H,40,47)(H,41,42,46). The molecule has 17 heteroatoms. The van der Waals surface area contributed by atoms with Crippen molar-refractivity contribution in [3.63, 3.8) is 0 Å². The third-order valence-corrected chi connectivity index (χ3v) is 12.3. The Morgan fingerprint density at radius 3 is 2.11 bits per heavy atom. The summed E-state index contributed by atoms with van der Waals surface area (Å²) < 4.78 is 75.6. The summed E-state index contributed by atoms with van der Waals surface area (Å²) in [7, 11) is -3.71. The van der Waals surface area contributed by atoms with E-state index in [-0.39, 0.29) is 62.0 Å². The number of benzene rings is 2. The second-order valence-corrected chi connectivity index (χ2v) is 17.3. The van der Waals surface area contributed by atoms with E-state index in [4.69, 9.17) is 4.74 Å². The number of anilines is 1. The van der Waals surface area contributed by atoms with E-state index in [1.54, 1.807) is 9.80 Å². The fourth-order valence-electron chi connectivity index (χ4n) is 7.63. The molecule has 13 nitrogen and oxygen atoms in total. The van der Waals surface area contributed by atoms with Gasteiger partial charge in [0, 0.05) is 44.0 Å². The molecule has 6 rings (SSSR count). The highest BCUT2D eigenvalue weighted by Crippen LogP contribution is 2.39. The lowest BCUT2D eigenvalue weighted by molar-refractivity contribution is -0.274. The van der Waals surface area contributed by atoms with E-state index in [1.165, 1.54) is 16.4 Å². The lowest BCUT2D eigenvalue weighted by Gasteiger charge is -2.44. The topological polar surface area (TPSA) is 150 Å². The average Bonchev–Trinajstić information content (AvgIpc) is 3.54. The number of rotatable bonds is 7. The first-order chi connectivity index (χ1) is 24.7. The van der Waals surface area contributed by atoms with E-state index in [9.17, 15) is 36.0 Å². The van der Waals surface area contributed by atoms with Crippen molar-refractivity contribution >= 4 is 39.6 Å². The van der Waals surface area contributed by atoms with Crippen molar-refractivity contribution in [3.05, 3.63) is 58.7 Å². The zero-order valence-electron chi connectivity index (χ0n) is 30.4. The number of nitrogens with zero attached hydrogens (tertiary/aromatic N) is 4. The van der Waals surface area contributed by atoms with Gasteiger partial charge in [-0.2, -0.15) is 0 Å². The van der Waals surface area contributed by atoms with Crippen molar-refractivity contribution in [3.8, 4) is 5.75 Å². The Labute approximate surface area is 306 Å². The normalized spacial score (nSPS) is 20.4. The van der Waals surface area contributed by atoms with Gasteiger partial charge in [0.1, 0.15) is 22.7 Å². The van der Waals surface area contributed by atoms with Crippen LogP contribution < -0.4 is 20.3 Å². The van der Waals surface area contributed by atoms with Crippen LogP contribution in [0.25, 0.3) is 0 Å². The Hall–Kier alpha value is -4.38. The summed E-state index contributed by atoms with van der Waals surface area (Å²) in [6.07, 6.45) is -3.50. The van der Waals surface area contributed by atoms with Gasteiger partial charge in [0.25, 0.3) is 5.91 Å². The fraction of sp³-hybridized carbons (Fsp3) is 0.556. The van der Waals surface area contributed by atoms with Gasteiger partial charge in [0.2, 0.25) is 10.0 Å². The minimum absolute atomic E-state index is 0.0826. The van der Waals surface area contributed by atoms with Crippen molar-refractivity contribution < 1.29 is 45.4 Å². The third kappa shape index (κ3) is 8.10. The van der Waals surface area contributed by atoms with E-state index in [0.29, 0.717) is 43.7 Å². The number of urea groups is 1. The molecule has 4 aliphatic rings. The van der Waals surface area contributed by atoms with Crippen LogP contribution in [0.3, 0.4) is 0 Å². The molecule has 2 aromatic rings. The first-order valence-corrected chi connectivity index (χ1v) is 19.2. The van der Waals surface area contributed by atoms with Crippen LogP contribution in [0.15, 0.2) is 41.4 Å². The Bertz CT molecular complexity index is 1890. The number of amidine groups is 1. The summed E-state index contributed by atoms with van der Waals surface area (Å²) in [5, 5.41) is 5.68. The molecule has 0 radical (unpaired) electrons. The van der Waals surface area contributed by atoms with Gasteiger partial charge in [0.15, 0.2) is 0 Å². The Morgan fingerprint density at radius 2 is 1.55 bits per heavy atom. The molecule has 288 valence electrons. The minimum Gasteiger partial charge on any atom is -0.444 e. The predicted molar refractivity (Wildman–Crippen MR) is 190 cm³/mol. The van der Waals surface area contributed by atoms with E-state index in [1.807, 2.05) is 46.8 Å². The number of amides is 4. The van der Waals surface area contributed by atoms with Crippen LogP contribution in [0, 0.1) is 13.8 Å². The lowest BCUT2D eigenvalue weighted by atomic mass is 9.86. The average molecular weight is 763 g/mol. The summed E-state index contributed by atoms with van der Waals surface area (Å²) in [6.45, 7) is 10.8. The molecular weight excluding hydrogens is 717 g/mol.